The van der Waals surface area contributed by atoms with Crippen molar-refractivity contribution in [3.05, 3.63) is 209 Å². The number of anilines is 2. The molecule has 0 radical (unpaired) electrons. The van der Waals surface area contributed by atoms with Gasteiger partial charge < -0.3 is 18.9 Å². The third-order valence-electron chi connectivity index (χ3n) is 33.9. The third-order valence-corrected chi connectivity index (χ3v) is 57.7. The van der Waals surface area contributed by atoms with E-state index in [1.54, 1.807) is 410 Å². The average molecular weight is 2380 g/mol. The summed E-state index contributed by atoms with van der Waals surface area (Å²) in [5.41, 5.74) is 28.9. The van der Waals surface area contributed by atoms with Gasteiger partial charge in [-0.05, 0) is 372 Å². The number of nitrogens with zero attached hydrogens (tertiary/aromatic N) is 6. The second kappa shape index (κ2) is 70.4. The Kier molecular flexibility index (Phi) is 60.0. The van der Waals surface area contributed by atoms with Crippen molar-refractivity contribution in [2.45, 2.75) is 495 Å². The minimum absolute atomic E-state index is 0.0465. The number of imidazole rings is 2. The summed E-state index contributed by atoms with van der Waals surface area (Å²) >= 11 is -4.84. The molecule has 0 atom stereocenters. The molecule has 6 nitrogen and oxygen atoms in total. The fourth-order valence-corrected chi connectivity index (χ4v) is 54.2. The summed E-state index contributed by atoms with van der Waals surface area (Å²) in [6.07, 6.45) is 106. The molecule has 12 aliphatic carbocycles. The van der Waals surface area contributed by atoms with Gasteiger partial charge in [-0.2, -0.15) is 6.67 Å². The number of rotatable bonds is 17. The van der Waals surface area contributed by atoms with Crippen molar-refractivity contribution < 1.29 is 40.6 Å². The first-order chi connectivity index (χ1) is 68.8. The molecule has 5 aromatic carbocycles. The van der Waals surface area contributed by atoms with Crippen molar-refractivity contribution in [3.8, 4) is 0 Å². The van der Waals surface area contributed by atoms with E-state index in [4.69, 9.17) is 58.1 Å². The maximum absolute atomic E-state index is 5.67. The normalized spacial score (nSPS) is 21.0. The van der Waals surface area contributed by atoms with Crippen LogP contribution in [0.25, 0.3) is 0 Å². The van der Waals surface area contributed by atoms with E-state index in [0.717, 1.165) is 29.8 Å². The van der Waals surface area contributed by atoms with E-state index in [-0.39, 0.29) is 31.7 Å². The zero-order valence-corrected chi connectivity index (χ0v) is 103. The monoisotopic (exact) mass is 2380 g/mol. The molecule has 7 aromatic rings. The Hall–Kier alpha value is -0.940. The molecule has 3 heterocycles. The van der Waals surface area contributed by atoms with Crippen LogP contribution >= 0.6 is 89.8 Å². The molecule has 0 N–H and O–H groups in total. The quantitative estimate of drug-likeness (QED) is 0.0518. The molecule has 19 heteroatoms. The van der Waals surface area contributed by atoms with Gasteiger partial charge in [-0.25, -0.2) is 9.97 Å². The third kappa shape index (κ3) is 44.6. The van der Waals surface area contributed by atoms with Crippen LogP contribution in [0.3, 0.4) is 0 Å². The molecule has 0 spiro atoms. The van der Waals surface area contributed by atoms with Gasteiger partial charge in [0.15, 0.2) is 0 Å². The topological polar surface area (TPSA) is 42.1 Å². The van der Waals surface area contributed by atoms with Gasteiger partial charge in [-0.15, -0.1) is 0 Å². The van der Waals surface area contributed by atoms with Crippen LogP contribution in [0, 0.1) is 48.2 Å². The van der Waals surface area contributed by atoms with Crippen LogP contribution in [-0.2, 0) is 54.6 Å². The summed E-state index contributed by atoms with van der Waals surface area (Å²) in [5.74, 6) is 0. The van der Waals surface area contributed by atoms with Crippen molar-refractivity contribution in [2.24, 2.45) is 14.1 Å². The van der Waals surface area contributed by atoms with E-state index in [2.05, 4.69) is 92.2 Å². The zero-order chi connectivity index (χ0) is 99.4. The Morgan fingerprint density at radius 3 is 0.546 bits per heavy atom. The Labute approximate surface area is 906 Å². The fourth-order valence-electron chi connectivity index (χ4n) is 27.8. The number of benzene rings is 5. The van der Waals surface area contributed by atoms with E-state index in [1.165, 1.54) is 113 Å². The van der Waals surface area contributed by atoms with Gasteiger partial charge in [0.25, 0.3) is 0 Å². The SMILES string of the molecule is C1CCC([PH+](C2CCCCC2)C2CCCCC2)CC1.C1CCC([PH+](C2CCCCC2)C2CCCCC2)CC1.C1CCC([PH+](C2CCCCC2)C2CCCCC2)CC1.C1CCC([PH+](C2CCCCC2)C2CCCCC2)CC1.Cc1cc(C)c(N2[CH-]N(c3c(C)cc(C)cc3C)CC2)c(C)c1.Cn1ccnc1.Cn1ccnc1.[Cl][Ru]([Cl])=[CH]c1ccccc1.[Cl][Ru]([Cl])=[CH]c1ccccc1.[Cl][Ru]([Cl])=[CH]c1ccccc1. The Balaban J connectivity index is 0.000000153. The van der Waals surface area contributed by atoms with Gasteiger partial charge in [0.2, 0.25) is 0 Å². The van der Waals surface area contributed by atoms with E-state index in [9.17, 15) is 0 Å². The summed E-state index contributed by atoms with van der Waals surface area (Å²) < 4.78 is 9.55. The van der Waals surface area contributed by atoms with Crippen LogP contribution in [0.4, 0.5) is 11.4 Å². The van der Waals surface area contributed by atoms with Gasteiger partial charge in [0, 0.05) is 95.0 Å². The van der Waals surface area contributed by atoms with Crippen molar-refractivity contribution in [1.82, 2.24) is 19.1 Å². The average Bonchev–Trinajstić information content (AvgIpc) is 1.52. The predicted octanol–water partition coefficient (Wildman–Crippen LogP) is 38.9. The number of aryl methyl sites for hydroxylation is 8. The van der Waals surface area contributed by atoms with Crippen LogP contribution in [-0.4, -0.2) is 114 Å². The molecule has 794 valence electrons. The van der Waals surface area contributed by atoms with Crippen molar-refractivity contribution >= 4 is 115 Å². The zero-order valence-electron chi connectivity index (χ0n) is 89.0. The number of hydrogen-bond acceptors (Lipinski definition) is 4. The molecular weight excluding hydrogens is 2190 g/mol. The Bertz CT molecular complexity index is 3830. The maximum atomic E-state index is 5.67. The van der Waals surface area contributed by atoms with Crippen molar-refractivity contribution in [3.63, 3.8) is 0 Å². The van der Waals surface area contributed by atoms with Gasteiger partial charge >= 0.3 is 220 Å². The van der Waals surface area contributed by atoms with E-state index in [1.807, 2.05) is 140 Å². The summed E-state index contributed by atoms with van der Waals surface area (Å²) in [6.45, 7) is 17.6. The van der Waals surface area contributed by atoms with E-state index < -0.39 is 40.6 Å². The fraction of sp³-hybridized carbons (Fsp3) is 0.672. The van der Waals surface area contributed by atoms with Gasteiger partial charge in [-0.3, -0.25) is 0 Å². The number of halogens is 6. The molecule has 13 fully saturated rings. The number of hydrogen-bond donors (Lipinski definition) is 0. The predicted molar refractivity (Wildman–Crippen MR) is 632 cm³/mol. The molecule has 0 unspecified atom stereocenters. The first-order valence-corrected chi connectivity index (χ1v) is 80.7. The Morgan fingerprint density at radius 2 is 0.418 bits per heavy atom. The van der Waals surface area contributed by atoms with Crippen LogP contribution in [0.2, 0.25) is 0 Å². The molecule has 1 aliphatic heterocycles. The van der Waals surface area contributed by atoms with Crippen LogP contribution in [0.15, 0.2) is 153 Å². The van der Waals surface area contributed by atoms with E-state index >= 15 is 0 Å². The molecule has 20 rings (SSSR count). The van der Waals surface area contributed by atoms with Crippen molar-refractivity contribution in [2.75, 3.05) is 22.9 Å². The molecular formula is C122H193Cl6N6P4Ru3+3. The van der Waals surface area contributed by atoms with Gasteiger partial charge in [0.05, 0.1) is 80.6 Å². The summed E-state index contributed by atoms with van der Waals surface area (Å²) in [6, 6.07) is 38.8. The van der Waals surface area contributed by atoms with Crippen LogP contribution in [0.1, 0.15) is 435 Å². The molecule has 0 bridgehead atoms. The molecule has 2 aromatic heterocycles. The summed E-state index contributed by atoms with van der Waals surface area (Å²) in [7, 11) is 37.7. The van der Waals surface area contributed by atoms with Gasteiger partial charge in [0.1, 0.15) is 0 Å². The summed E-state index contributed by atoms with van der Waals surface area (Å²) in [4.78, 5) is 12.4. The number of aromatic nitrogens is 4. The molecule has 141 heavy (non-hydrogen) atoms. The summed E-state index contributed by atoms with van der Waals surface area (Å²) in [5, 5.41) is 0. The van der Waals surface area contributed by atoms with E-state index in [0.29, 0.717) is 0 Å². The second-order valence-corrected chi connectivity index (χ2v) is 75.6. The molecule has 12 saturated carbocycles. The minimum atomic E-state index is -1.61. The van der Waals surface area contributed by atoms with Gasteiger partial charge in [-0.1, -0.05) is 112 Å². The first kappa shape index (κ1) is 120. The van der Waals surface area contributed by atoms with Crippen molar-refractivity contribution in [1.29, 1.82) is 0 Å². The van der Waals surface area contributed by atoms with Crippen LogP contribution in [0.5, 0.6) is 0 Å². The standard InChI is InChI=1S/C21H27N2.4C18H33P.3C7H6.2C4H6N2.6ClH.3Ru/c1-14-9-16(3)20(17(4)10-14)22-7-8-23(13-22)21-18(5)11-15(2)12-19(21)6;4*1-4-10-16(11-5-1)19(17-12-6-2-7-13-17)18-14-8-3-9-15-18;3*1-7-5-3-2-4-6-7;2*1-6-3-2-5-4-6;;;;;;;;;/h9-13H,7-8H2,1-6H3;4*16-18H,1-15H2;3*1-6H;2*2-4H,1H3;6*1H;;;/q-1;;;;;;;;;;;;;;;;3*+2/p-2. The second-order valence-electron chi connectivity index (χ2n) is 44.6. The molecule has 1 saturated heterocycles. The van der Waals surface area contributed by atoms with Crippen LogP contribution < -0.4 is 9.80 Å². The molecule has 0 amide bonds. The Morgan fingerprint density at radius 1 is 0.255 bits per heavy atom. The molecule has 13 aliphatic rings. The first-order valence-electron chi connectivity index (χ1n) is 57.3.